The number of nitriles is 1. The van der Waals surface area contributed by atoms with Gasteiger partial charge in [-0.3, -0.25) is 9.69 Å². The Morgan fingerprint density at radius 1 is 1.07 bits per heavy atom. The van der Waals surface area contributed by atoms with Gasteiger partial charge in [-0.15, -0.1) is 5.10 Å². The molecule has 3 aromatic heterocycles. The second-order valence-electron chi connectivity index (χ2n) is 11.2. The number of rotatable bonds is 6. The summed E-state index contributed by atoms with van der Waals surface area (Å²) in [5, 5.41) is 24.8. The Labute approximate surface area is 258 Å². The van der Waals surface area contributed by atoms with Crippen LogP contribution in [0, 0.1) is 25.2 Å². The highest BCUT2D eigenvalue weighted by Gasteiger charge is 2.22. The summed E-state index contributed by atoms with van der Waals surface area (Å²) in [7, 11) is 0. The predicted octanol–water partition coefficient (Wildman–Crippen LogP) is 6.39. The Kier molecular flexibility index (Phi) is 6.98. The van der Waals surface area contributed by atoms with Crippen molar-refractivity contribution in [3.05, 3.63) is 93.6 Å². The van der Waals surface area contributed by atoms with E-state index in [9.17, 15) is 15.2 Å². The van der Waals surface area contributed by atoms with E-state index in [2.05, 4.69) is 22.0 Å². The highest BCUT2D eigenvalue weighted by molar-refractivity contribution is 6.33. The molecule has 0 saturated carbocycles. The average molecular weight is 603 g/mol. The number of halogens is 1. The minimum atomic E-state index is -0.283. The molecule has 9 nitrogen and oxygen atoms in total. The fourth-order valence-electron chi connectivity index (χ4n) is 6.06. The van der Waals surface area contributed by atoms with E-state index in [-0.39, 0.29) is 11.7 Å². The zero-order valence-electron chi connectivity index (χ0n) is 24.1. The number of pyridine rings is 1. The summed E-state index contributed by atoms with van der Waals surface area (Å²) in [6, 6.07) is 19.1. The van der Waals surface area contributed by atoms with E-state index in [4.69, 9.17) is 26.1 Å². The van der Waals surface area contributed by atoms with E-state index < -0.39 is 0 Å². The molecular weight excluding hydrogens is 576 g/mol. The number of carbonyl (C=O) groups is 1. The molecule has 218 valence electrons. The number of fused-ring (bicyclic) bond motifs is 2. The predicted molar refractivity (Wildman–Crippen MR) is 167 cm³/mol. The SMILES string of the molecule is Cc1c(-c2nc3c(Cl)cc(CN4CC[C@@H](O)C4)cn3n2)cccc1-c1cccc(-c2nc3cc(C=O)cc(C#N)c3o2)c1C. The van der Waals surface area contributed by atoms with Gasteiger partial charge in [0.05, 0.1) is 16.7 Å². The molecule has 4 heterocycles. The van der Waals surface area contributed by atoms with Gasteiger partial charge in [-0.25, -0.2) is 14.5 Å². The minimum absolute atomic E-state index is 0.266. The molecule has 1 aliphatic rings. The van der Waals surface area contributed by atoms with Crippen molar-refractivity contribution in [3.63, 3.8) is 0 Å². The third-order valence-electron chi connectivity index (χ3n) is 8.30. The van der Waals surface area contributed by atoms with Crippen molar-refractivity contribution in [2.75, 3.05) is 13.1 Å². The zero-order chi connectivity index (χ0) is 30.5. The number of nitrogens with zero attached hydrogens (tertiary/aromatic N) is 6. The minimum Gasteiger partial charge on any atom is -0.435 e. The first kappa shape index (κ1) is 27.9. The lowest BCUT2D eigenvalue weighted by molar-refractivity contribution is 0.112. The Hall–Kier alpha value is -4.88. The Morgan fingerprint density at radius 2 is 1.80 bits per heavy atom. The fourth-order valence-corrected chi connectivity index (χ4v) is 6.33. The number of aromatic nitrogens is 4. The topological polar surface area (TPSA) is 121 Å². The van der Waals surface area contributed by atoms with E-state index in [0.717, 1.165) is 51.9 Å². The third kappa shape index (κ3) is 4.83. The lowest BCUT2D eigenvalue weighted by Gasteiger charge is -2.15. The van der Waals surface area contributed by atoms with Gasteiger partial charge in [-0.05, 0) is 72.4 Å². The summed E-state index contributed by atoms with van der Waals surface area (Å²) in [6.45, 7) is 6.24. The summed E-state index contributed by atoms with van der Waals surface area (Å²) >= 11 is 6.66. The van der Waals surface area contributed by atoms with Crippen molar-refractivity contribution in [2.45, 2.75) is 32.9 Å². The van der Waals surface area contributed by atoms with Crippen LogP contribution >= 0.6 is 11.6 Å². The molecule has 1 atom stereocenters. The molecule has 1 N–H and O–H groups in total. The number of β-amino-alcohol motifs (C(OH)–C–C–N with tert-alkyl or cyclic N) is 1. The average Bonchev–Trinajstić information content (AvgIpc) is 3.75. The van der Waals surface area contributed by atoms with E-state index in [1.165, 1.54) is 6.07 Å². The molecular formula is C34H27ClN6O3. The number of carbonyl (C=O) groups excluding carboxylic acids is 1. The van der Waals surface area contributed by atoms with Gasteiger partial charge in [-0.1, -0.05) is 41.9 Å². The number of benzene rings is 3. The fraction of sp³-hybridized carbons (Fsp3) is 0.206. The van der Waals surface area contributed by atoms with Crippen molar-refractivity contribution >= 4 is 34.6 Å². The van der Waals surface area contributed by atoms with Gasteiger partial charge < -0.3 is 9.52 Å². The molecule has 0 unspecified atom stereocenters. The monoisotopic (exact) mass is 602 g/mol. The molecule has 0 aliphatic carbocycles. The number of aliphatic hydroxyl groups is 1. The zero-order valence-corrected chi connectivity index (χ0v) is 24.8. The van der Waals surface area contributed by atoms with Crippen LogP contribution in [-0.2, 0) is 6.54 Å². The van der Waals surface area contributed by atoms with Crippen molar-refractivity contribution in [1.82, 2.24) is 24.5 Å². The molecule has 7 rings (SSSR count). The van der Waals surface area contributed by atoms with Crippen molar-refractivity contribution in [3.8, 4) is 40.0 Å². The molecule has 0 bridgehead atoms. The van der Waals surface area contributed by atoms with Gasteiger partial charge >= 0.3 is 0 Å². The van der Waals surface area contributed by atoms with Gasteiger partial charge in [0, 0.05) is 42.5 Å². The first-order valence-corrected chi connectivity index (χ1v) is 14.7. The van der Waals surface area contributed by atoms with Gasteiger partial charge in [0.1, 0.15) is 17.9 Å². The maximum atomic E-state index is 11.4. The Bertz CT molecular complexity index is 2140. The lowest BCUT2D eigenvalue weighted by Crippen LogP contribution is -2.21. The highest BCUT2D eigenvalue weighted by atomic mass is 35.5. The lowest BCUT2D eigenvalue weighted by atomic mass is 9.91. The molecule has 6 aromatic rings. The van der Waals surface area contributed by atoms with Crippen LogP contribution in [0.4, 0.5) is 0 Å². The summed E-state index contributed by atoms with van der Waals surface area (Å²) in [4.78, 5) is 23.0. The second-order valence-corrected chi connectivity index (χ2v) is 11.6. The van der Waals surface area contributed by atoms with Crippen LogP contribution in [-0.4, -0.2) is 55.1 Å². The summed E-state index contributed by atoms with van der Waals surface area (Å²) in [6.07, 6.45) is 3.14. The van der Waals surface area contributed by atoms with Gasteiger partial charge in [0.2, 0.25) is 5.89 Å². The quantitative estimate of drug-likeness (QED) is 0.218. The molecule has 0 radical (unpaired) electrons. The molecule has 0 spiro atoms. The number of aldehydes is 1. The number of likely N-dealkylation sites (tertiary alicyclic amines) is 1. The molecule has 1 aliphatic heterocycles. The molecule has 1 saturated heterocycles. The van der Waals surface area contributed by atoms with Gasteiger partial charge in [0.25, 0.3) is 0 Å². The first-order chi connectivity index (χ1) is 21.3. The summed E-state index contributed by atoms with van der Waals surface area (Å²) in [5.41, 5.74) is 8.69. The third-order valence-corrected chi connectivity index (χ3v) is 8.57. The second kappa shape index (κ2) is 11.0. The van der Waals surface area contributed by atoms with Crippen molar-refractivity contribution in [2.24, 2.45) is 0 Å². The van der Waals surface area contributed by atoms with Crippen LogP contribution in [0.3, 0.4) is 0 Å². The van der Waals surface area contributed by atoms with Crippen LogP contribution in [0.5, 0.6) is 0 Å². The molecule has 44 heavy (non-hydrogen) atoms. The van der Waals surface area contributed by atoms with E-state index in [1.807, 2.05) is 56.4 Å². The van der Waals surface area contributed by atoms with Gasteiger partial charge in [0.15, 0.2) is 17.1 Å². The number of oxazole rings is 1. The number of hydrogen-bond donors (Lipinski definition) is 1. The smallest absolute Gasteiger partial charge is 0.227 e. The molecule has 10 heteroatoms. The highest BCUT2D eigenvalue weighted by Crippen LogP contribution is 2.37. The van der Waals surface area contributed by atoms with E-state index >= 15 is 0 Å². The van der Waals surface area contributed by atoms with E-state index in [0.29, 0.717) is 58.4 Å². The van der Waals surface area contributed by atoms with Crippen LogP contribution in [0.25, 0.3) is 50.7 Å². The number of aliphatic hydroxyl groups excluding tert-OH is 1. The van der Waals surface area contributed by atoms with Crippen LogP contribution in [0.1, 0.15) is 39.0 Å². The largest absolute Gasteiger partial charge is 0.435 e. The molecule has 0 amide bonds. The molecule has 1 fully saturated rings. The van der Waals surface area contributed by atoms with Gasteiger partial charge in [-0.2, -0.15) is 5.26 Å². The standard InChI is InChI=1S/C34H27ClN6O3/c1-19-25(26-6-4-8-28(20(26)2)34-37-30-13-21(18-42)11-23(14-36)31(30)44-34)5-3-7-27(19)32-38-33-29(35)12-22(16-41(33)39-32)15-40-10-9-24(43)17-40/h3-8,11-13,16,18,24,43H,9-10,15,17H2,1-2H3/t24-/m1/s1. The summed E-state index contributed by atoms with van der Waals surface area (Å²) < 4.78 is 7.80. The van der Waals surface area contributed by atoms with E-state index in [1.54, 1.807) is 10.6 Å². The van der Waals surface area contributed by atoms with Crippen LogP contribution < -0.4 is 0 Å². The van der Waals surface area contributed by atoms with Crippen molar-refractivity contribution < 1.29 is 14.3 Å². The van der Waals surface area contributed by atoms with Crippen molar-refractivity contribution in [1.29, 1.82) is 5.26 Å². The number of hydrogen-bond acceptors (Lipinski definition) is 8. The maximum absolute atomic E-state index is 11.4. The van der Waals surface area contributed by atoms with Crippen LogP contribution in [0.2, 0.25) is 5.02 Å². The normalized spacial score (nSPS) is 15.3. The Balaban J connectivity index is 1.26. The molecule has 3 aromatic carbocycles. The Morgan fingerprint density at radius 3 is 2.50 bits per heavy atom. The first-order valence-electron chi connectivity index (χ1n) is 14.3. The maximum Gasteiger partial charge on any atom is 0.227 e. The van der Waals surface area contributed by atoms with Crippen LogP contribution in [0.15, 0.2) is 65.2 Å². The summed E-state index contributed by atoms with van der Waals surface area (Å²) in [5.74, 6) is 0.950.